The predicted molar refractivity (Wildman–Crippen MR) is 113 cm³/mol. The molecule has 0 saturated heterocycles. The minimum atomic E-state index is -2.78. The van der Waals surface area contributed by atoms with Crippen molar-refractivity contribution in [2.75, 3.05) is 39.8 Å². The molecule has 0 amide bonds. The molecular formula is C18H42ClO3PSi. The molecule has 0 spiro atoms. The van der Waals surface area contributed by atoms with Crippen LogP contribution in [0.25, 0.3) is 0 Å². The van der Waals surface area contributed by atoms with E-state index >= 15 is 0 Å². The summed E-state index contributed by atoms with van der Waals surface area (Å²) in [6.07, 6.45) is 11.5. The Bertz CT molecular complexity index is 307. The molecule has 0 aliphatic carbocycles. The van der Waals surface area contributed by atoms with E-state index in [9.17, 15) is 0 Å². The Kier molecular flexibility index (Phi) is 11.9. The number of hydrogen-bond donors (Lipinski definition) is 0. The Balaban J connectivity index is 6.14. The molecule has 0 fully saturated rings. The fourth-order valence-corrected chi connectivity index (χ4v) is 19.5. The average molecular weight is 401 g/mol. The zero-order valence-electron chi connectivity index (χ0n) is 17.2. The summed E-state index contributed by atoms with van der Waals surface area (Å²) < 4.78 is 17.8. The molecule has 0 aliphatic heterocycles. The molecule has 3 nitrogen and oxygen atoms in total. The topological polar surface area (TPSA) is 27.7 Å². The Hall–Kier alpha value is 0.817. The summed E-state index contributed by atoms with van der Waals surface area (Å²) in [6.45, 7) is 9.00. The van der Waals surface area contributed by atoms with Gasteiger partial charge in [-0.3, -0.25) is 0 Å². The summed E-state index contributed by atoms with van der Waals surface area (Å²) in [6, 6.07) is 0. The van der Waals surface area contributed by atoms with Crippen molar-refractivity contribution in [3.8, 4) is 0 Å². The van der Waals surface area contributed by atoms with Gasteiger partial charge < -0.3 is 0 Å². The zero-order valence-corrected chi connectivity index (χ0v) is 19.8. The van der Waals surface area contributed by atoms with E-state index in [2.05, 4.69) is 27.7 Å². The second-order valence-corrected chi connectivity index (χ2v) is 18.7. The molecular weight excluding hydrogens is 359 g/mol. The predicted octanol–water partition coefficient (Wildman–Crippen LogP) is 6.29. The molecule has 0 saturated carbocycles. The normalized spacial score (nSPS) is 15.9. The Morgan fingerprint density at radius 1 is 0.750 bits per heavy atom. The van der Waals surface area contributed by atoms with E-state index in [1.165, 1.54) is 38.5 Å². The van der Waals surface area contributed by atoms with Crippen LogP contribution in [-0.2, 0) is 13.3 Å². The Morgan fingerprint density at radius 2 is 1.08 bits per heavy atom. The van der Waals surface area contributed by atoms with Gasteiger partial charge in [-0.2, -0.15) is 0 Å². The van der Waals surface area contributed by atoms with Crippen LogP contribution >= 0.6 is 17.2 Å². The van der Waals surface area contributed by atoms with Gasteiger partial charge in [0.2, 0.25) is 0 Å². The molecule has 0 N–H and O–H groups in total. The van der Waals surface area contributed by atoms with Gasteiger partial charge in [0.05, 0.1) is 0 Å². The zero-order chi connectivity index (χ0) is 18.7. The molecule has 24 heavy (non-hydrogen) atoms. The quantitative estimate of drug-likeness (QED) is 0.239. The van der Waals surface area contributed by atoms with Crippen molar-refractivity contribution in [1.29, 1.82) is 0 Å². The standard InChI is InChI=1S/C18H42ClO3PSi/c1-8-12-15-23(19,16-13-9-2,17-14-10-3)18(11-4)24(20-5,21-6)22-7/h18H,8-17H2,1-7H3. The van der Waals surface area contributed by atoms with E-state index < -0.39 is 14.8 Å². The first-order valence-corrected chi connectivity index (χ1v) is 15.3. The average Bonchev–Trinajstić information content (AvgIpc) is 2.61. The molecule has 0 rings (SSSR count). The van der Waals surface area contributed by atoms with Crippen molar-refractivity contribution < 1.29 is 13.3 Å². The van der Waals surface area contributed by atoms with E-state index in [1.54, 1.807) is 21.3 Å². The van der Waals surface area contributed by atoms with Gasteiger partial charge in [-0.05, 0) is 0 Å². The van der Waals surface area contributed by atoms with Crippen LogP contribution in [0.15, 0.2) is 0 Å². The van der Waals surface area contributed by atoms with E-state index in [1.807, 2.05) is 0 Å². The first kappa shape index (κ1) is 24.8. The maximum atomic E-state index is 7.85. The summed E-state index contributed by atoms with van der Waals surface area (Å²) in [4.78, 5) is 0. The summed E-state index contributed by atoms with van der Waals surface area (Å²) >= 11 is 7.85. The third-order valence-corrected chi connectivity index (χ3v) is 20.2. The van der Waals surface area contributed by atoms with E-state index in [4.69, 9.17) is 24.5 Å². The number of hydrogen-bond acceptors (Lipinski definition) is 3. The molecule has 0 radical (unpaired) electrons. The van der Waals surface area contributed by atoms with Crippen molar-refractivity contribution in [1.82, 2.24) is 0 Å². The number of rotatable bonds is 15. The molecule has 1 atom stereocenters. The monoisotopic (exact) mass is 400 g/mol. The third-order valence-electron chi connectivity index (χ3n) is 5.55. The summed E-state index contributed by atoms with van der Waals surface area (Å²) in [5.74, 6) is -2.53. The fraction of sp³-hybridized carbons (Fsp3) is 1.00. The Morgan fingerprint density at radius 3 is 1.29 bits per heavy atom. The molecule has 1 unspecified atom stereocenters. The summed E-state index contributed by atoms with van der Waals surface area (Å²) in [5.41, 5.74) is 0. The molecule has 0 heterocycles. The van der Waals surface area contributed by atoms with E-state index in [0.717, 1.165) is 24.9 Å². The van der Waals surface area contributed by atoms with Gasteiger partial charge in [-0.25, -0.2) is 0 Å². The Labute approximate surface area is 157 Å². The van der Waals surface area contributed by atoms with Crippen LogP contribution in [0.5, 0.6) is 0 Å². The summed E-state index contributed by atoms with van der Waals surface area (Å²) in [7, 11) is 2.43. The molecule has 0 aliphatic rings. The van der Waals surface area contributed by atoms with Crippen LogP contribution in [0.1, 0.15) is 72.6 Å². The molecule has 0 aromatic heterocycles. The van der Waals surface area contributed by atoms with Crippen LogP contribution in [0.2, 0.25) is 0 Å². The van der Waals surface area contributed by atoms with Gasteiger partial charge in [0.15, 0.2) is 0 Å². The summed E-state index contributed by atoms with van der Waals surface area (Å²) in [5, 5.41) is 0.231. The van der Waals surface area contributed by atoms with Gasteiger partial charge in [0, 0.05) is 0 Å². The molecule has 0 aromatic carbocycles. The second-order valence-electron chi connectivity index (χ2n) is 7.05. The van der Waals surface area contributed by atoms with Crippen molar-refractivity contribution in [2.45, 2.75) is 77.9 Å². The molecule has 0 bridgehead atoms. The van der Waals surface area contributed by atoms with Gasteiger partial charge in [0.1, 0.15) is 0 Å². The fourth-order valence-electron chi connectivity index (χ4n) is 4.16. The van der Waals surface area contributed by atoms with Gasteiger partial charge in [-0.1, -0.05) is 0 Å². The maximum absolute atomic E-state index is 7.85. The first-order chi connectivity index (χ1) is 11.4. The molecule has 0 aromatic rings. The van der Waals surface area contributed by atoms with Crippen LogP contribution in [-0.4, -0.2) is 53.9 Å². The van der Waals surface area contributed by atoms with Crippen LogP contribution < -0.4 is 0 Å². The van der Waals surface area contributed by atoms with E-state index in [0.29, 0.717) is 0 Å². The SMILES string of the molecule is CCCCP(Cl)(CCCC)(CCCC)C(CC)[Si](OC)(OC)OC. The van der Waals surface area contributed by atoms with Crippen LogP contribution in [0.3, 0.4) is 0 Å². The van der Waals surface area contributed by atoms with Crippen LogP contribution in [0, 0.1) is 0 Å². The van der Waals surface area contributed by atoms with Crippen molar-refractivity contribution >= 4 is 26.0 Å². The van der Waals surface area contributed by atoms with Gasteiger partial charge in [-0.15, -0.1) is 0 Å². The van der Waals surface area contributed by atoms with Gasteiger partial charge in [0.25, 0.3) is 0 Å². The minimum absolute atomic E-state index is 0.231. The van der Waals surface area contributed by atoms with E-state index in [-0.39, 0.29) is 5.28 Å². The van der Waals surface area contributed by atoms with Crippen molar-refractivity contribution in [3.63, 3.8) is 0 Å². The van der Waals surface area contributed by atoms with Crippen molar-refractivity contribution in [3.05, 3.63) is 0 Å². The van der Waals surface area contributed by atoms with Gasteiger partial charge >= 0.3 is 157 Å². The second kappa shape index (κ2) is 11.5. The molecule has 148 valence electrons. The van der Waals surface area contributed by atoms with Crippen LogP contribution in [0.4, 0.5) is 0 Å². The third kappa shape index (κ3) is 5.66. The van der Waals surface area contributed by atoms with Crippen molar-refractivity contribution in [2.24, 2.45) is 0 Å². The molecule has 6 heteroatoms. The first-order valence-electron chi connectivity index (χ1n) is 9.74. The number of unbranched alkanes of at least 4 members (excludes halogenated alkanes) is 3. The number of halogens is 1.